The van der Waals surface area contributed by atoms with E-state index in [1.165, 1.54) is 0 Å². The monoisotopic (exact) mass is 1110 g/mol. The van der Waals surface area contributed by atoms with E-state index in [9.17, 15) is 76.6 Å². The van der Waals surface area contributed by atoms with Crippen LogP contribution in [0, 0.1) is 39.9 Å². The SMILES string of the molecule is CCC[C@@H](O)[C@H](O[C@@H]1O[C@H](COC2OCC(O)C(O)C2O)[C@@H](O)[C@H](O)[C@H]1O[C@@H]1O[C@H](CO)[C@@H](O)[C@H](O)[C@H]1O)C(C)(C)C1CC[C@]2(C)C(C1)C[C@@H](O)[C@@H]1[C@@H](C(C)(CCC=C(C)C)O[C@@H]3O[C@H](CO)[C@@H](O)[C@H](O)[C@H]3O)CC[C@]12C. The Morgan fingerprint density at radius 3 is 1.84 bits per heavy atom. The lowest BCUT2D eigenvalue weighted by atomic mass is 9.42. The van der Waals surface area contributed by atoms with Crippen LogP contribution < -0.4 is 0 Å². The summed E-state index contributed by atoms with van der Waals surface area (Å²) in [4.78, 5) is 0. The molecule has 15 N–H and O–H groups in total. The van der Waals surface area contributed by atoms with Gasteiger partial charge in [-0.15, -0.1) is 0 Å². The third-order valence-electron chi connectivity index (χ3n) is 19.7. The molecule has 0 aromatic carbocycles. The number of hydrogen-bond donors (Lipinski definition) is 15. The Labute approximate surface area is 451 Å². The van der Waals surface area contributed by atoms with E-state index in [4.69, 9.17) is 37.9 Å². The number of rotatable bonds is 20. The highest BCUT2D eigenvalue weighted by atomic mass is 16.8. The minimum Gasteiger partial charge on any atom is -0.394 e. The van der Waals surface area contributed by atoms with Crippen LogP contribution in [0.15, 0.2) is 11.6 Å². The van der Waals surface area contributed by atoms with Crippen molar-refractivity contribution in [2.45, 2.75) is 260 Å². The highest BCUT2D eigenvalue weighted by Gasteiger charge is 2.68. The highest BCUT2D eigenvalue weighted by Crippen LogP contribution is 2.71. The van der Waals surface area contributed by atoms with Crippen LogP contribution in [0.3, 0.4) is 0 Å². The molecule has 0 aromatic heterocycles. The smallest absolute Gasteiger partial charge is 0.187 e. The van der Waals surface area contributed by atoms with E-state index >= 15 is 0 Å². The Hall–Kier alpha value is -1.18. The molecule has 3 aliphatic carbocycles. The average molecular weight is 1110 g/mol. The van der Waals surface area contributed by atoms with Crippen molar-refractivity contribution in [1.29, 1.82) is 0 Å². The maximum absolute atomic E-state index is 12.6. The molecule has 7 fully saturated rings. The van der Waals surface area contributed by atoms with Crippen LogP contribution in [-0.4, -0.2) is 244 Å². The number of aliphatic hydroxyl groups is 15. The van der Waals surface area contributed by atoms with Crippen molar-refractivity contribution in [3.63, 3.8) is 0 Å². The average Bonchev–Trinajstić information content (AvgIpc) is 3.86. The van der Waals surface area contributed by atoms with Crippen LogP contribution in [0.1, 0.15) is 120 Å². The summed E-state index contributed by atoms with van der Waals surface area (Å²) in [5, 5.41) is 164. The third-order valence-corrected chi connectivity index (χ3v) is 19.7. The van der Waals surface area contributed by atoms with Gasteiger partial charge in [0.1, 0.15) is 91.6 Å². The van der Waals surface area contributed by atoms with Gasteiger partial charge in [-0.2, -0.15) is 0 Å². The van der Waals surface area contributed by atoms with Crippen molar-refractivity contribution in [3.05, 3.63) is 11.6 Å². The maximum atomic E-state index is 12.6. The number of fused-ring (bicyclic) bond motifs is 3. The predicted octanol–water partition coefficient (Wildman–Crippen LogP) is -1.81. The molecule has 0 radical (unpaired) electrons. The Kier molecular flexibility index (Phi) is 20.9. The lowest BCUT2D eigenvalue weighted by molar-refractivity contribution is -0.382. The van der Waals surface area contributed by atoms with Gasteiger partial charge in [0.25, 0.3) is 0 Å². The fraction of sp³-hybridized carbons (Fsp3) is 0.963. The van der Waals surface area contributed by atoms with Crippen molar-refractivity contribution >= 4 is 0 Å². The van der Waals surface area contributed by atoms with Crippen molar-refractivity contribution in [2.24, 2.45) is 39.9 Å². The summed E-state index contributed by atoms with van der Waals surface area (Å²) in [5.41, 5.74) is -1.52. The lowest BCUT2D eigenvalue weighted by Gasteiger charge is -2.63. The minimum absolute atomic E-state index is 0.0218. The van der Waals surface area contributed by atoms with Gasteiger partial charge in [0, 0.05) is 0 Å². The Morgan fingerprint density at radius 1 is 0.662 bits per heavy atom. The van der Waals surface area contributed by atoms with Crippen LogP contribution in [0.25, 0.3) is 0 Å². The van der Waals surface area contributed by atoms with Crippen LogP contribution in [0.4, 0.5) is 0 Å². The normalized spacial score (nSPS) is 48.3. The van der Waals surface area contributed by atoms with E-state index in [-0.39, 0.29) is 42.1 Å². The van der Waals surface area contributed by atoms with Gasteiger partial charge in [0.2, 0.25) is 0 Å². The van der Waals surface area contributed by atoms with E-state index in [2.05, 4.69) is 19.9 Å². The van der Waals surface area contributed by atoms with Gasteiger partial charge in [-0.3, -0.25) is 0 Å². The standard InChI is InChI=1S/C54H94O23/c1-9-11-28(57)46(76-50-45(75-48-43(68)39(64)36(61)31(20-55)72-48)41(66)38(63)33(74-50)23-71-47-42(67)35(60)30(59)22-70-47)51(4,5)25-13-16-52(6)26(18-25)19-29(58)34-27(14-17-53(34,52)7)54(8,15-10-12-24(2)3)77-49-44(69)40(65)37(62)32(21-56)73-49/h12,25-50,55-69H,9-11,13-23H2,1-8H3/t25?,26?,27-,28+,29+,30?,31+,32+,33+,34-,35?,36+,37+,38+,39-,40-,41-,42?,43+,44+,45+,46-,47?,48-,49-,50-,52+,53+,54?/m0/s1. The zero-order valence-electron chi connectivity index (χ0n) is 46.0. The molecule has 4 heterocycles. The van der Waals surface area contributed by atoms with E-state index < -0.39 is 171 Å². The number of hydrogen-bond acceptors (Lipinski definition) is 23. The number of ether oxygens (including phenoxy) is 8. The van der Waals surface area contributed by atoms with E-state index in [1.807, 2.05) is 41.5 Å². The molecule has 0 amide bonds. The number of allylic oxidation sites excluding steroid dienone is 2. The molecule has 448 valence electrons. The van der Waals surface area contributed by atoms with Crippen LogP contribution in [0.5, 0.6) is 0 Å². The Balaban J connectivity index is 1.15. The first-order chi connectivity index (χ1) is 36.1. The van der Waals surface area contributed by atoms with Gasteiger partial charge in [-0.05, 0) is 118 Å². The summed E-state index contributed by atoms with van der Waals surface area (Å²) in [5.74, 6) is -0.665. The first-order valence-electron chi connectivity index (χ1n) is 28.0. The second kappa shape index (κ2) is 25.4. The summed E-state index contributed by atoms with van der Waals surface area (Å²) >= 11 is 0. The van der Waals surface area contributed by atoms with Gasteiger partial charge in [0.15, 0.2) is 25.2 Å². The van der Waals surface area contributed by atoms with Crippen molar-refractivity contribution < 1.29 is 114 Å². The molecule has 0 spiro atoms. The molecule has 7 unspecified atom stereocenters. The molecule has 4 saturated heterocycles. The quantitative estimate of drug-likeness (QED) is 0.0597. The molecular formula is C54H94O23. The third kappa shape index (κ3) is 12.4. The molecule has 3 saturated carbocycles. The molecule has 23 heteroatoms. The molecule has 0 aromatic rings. The van der Waals surface area contributed by atoms with E-state index in [0.717, 1.165) is 18.4 Å². The van der Waals surface area contributed by atoms with Crippen LogP contribution in [-0.2, 0) is 37.9 Å². The first-order valence-corrected chi connectivity index (χ1v) is 28.0. The molecule has 7 rings (SSSR count). The summed E-state index contributed by atoms with van der Waals surface area (Å²) in [7, 11) is 0. The molecule has 0 bridgehead atoms. The summed E-state index contributed by atoms with van der Waals surface area (Å²) in [6.07, 6.45) is -26.0. The zero-order valence-corrected chi connectivity index (χ0v) is 46.0. The first kappa shape index (κ1) is 63.4. The van der Waals surface area contributed by atoms with Crippen LogP contribution in [0.2, 0.25) is 0 Å². The minimum atomic E-state index is -1.92. The fourth-order valence-corrected chi connectivity index (χ4v) is 14.7. The molecule has 7 aliphatic rings. The molecule has 29 atom stereocenters. The Morgan fingerprint density at radius 2 is 1.23 bits per heavy atom. The predicted molar refractivity (Wildman–Crippen MR) is 268 cm³/mol. The zero-order chi connectivity index (χ0) is 56.9. The molecule has 77 heavy (non-hydrogen) atoms. The molecule has 4 aliphatic heterocycles. The second-order valence-corrected chi connectivity index (χ2v) is 25.1. The van der Waals surface area contributed by atoms with Crippen molar-refractivity contribution in [1.82, 2.24) is 0 Å². The van der Waals surface area contributed by atoms with E-state index in [0.29, 0.717) is 44.9 Å². The molecule has 23 nitrogen and oxygen atoms in total. The number of aliphatic hydroxyl groups excluding tert-OH is 15. The van der Waals surface area contributed by atoms with Gasteiger partial charge in [0.05, 0.1) is 50.3 Å². The summed E-state index contributed by atoms with van der Waals surface area (Å²) in [6, 6.07) is 0. The van der Waals surface area contributed by atoms with E-state index in [1.54, 1.807) is 0 Å². The van der Waals surface area contributed by atoms with Gasteiger partial charge in [-0.25, -0.2) is 0 Å². The fourth-order valence-electron chi connectivity index (χ4n) is 14.7. The summed E-state index contributed by atoms with van der Waals surface area (Å²) < 4.78 is 48.8. The highest BCUT2D eigenvalue weighted by molar-refractivity contribution is 5.16. The maximum Gasteiger partial charge on any atom is 0.187 e. The summed E-state index contributed by atoms with van der Waals surface area (Å²) in [6.45, 7) is 14.0. The van der Waals surface area contributed by atoms with Gasteiger partial charge < -0.3 is 114 Å². The van der Waals surface area contributed by atoms with Gasteiger partial charge in [-0.1, -0.05) is 52.7 Å². The Bertz CT molecular complexity index is 1910. The topological polar surface area (TPSA) is 377 Å². The lowest BCUT2D eigenvalue weighted by Crippen LogP contribution is -2.66. The largest absolute Gasteiger partial charge is 0.394 e. The van der Waals surface area contributed by atoms with Crippen molar-refractivity contribution in [2.75, 3.05) is 26.4 Å². The van der Waals surface area contributed by atoms with Crippen LogP contribution >= 0.6 is 0 Å². The van der Waals surface area contributed by atoms with Gasteiger partial charge >= 0.3 is 0 Å². The second-order valence-electron chi connectivity index (χ2n) is 25.1. The molecular weight excluding hydrogens is 1020 g/mol. The van der Waals surface area contributed by atoms with Crippen molar-refractivity contribution in [3.8, 4) is 0 Å².